The summed E-state index contributed by atoms with van der Waals surface area (Å²) in [6.07, 6.45) is 2.28. The minimum absolute atomic E-state index is 0.0164. The summed E-state index contributed by atoms with van der Waals surface area (Å²) >= 11 is 1.90. The lowest BCUT2D eigenvalue weighted by Gasteiger charge is -2.35. The Kier molecular flexibility index (Phi) is 5.22. The van der Waals surface area contributed by atoms with Crippen molar-refractivity contribution in [2.75, 3.05) is 29.9 Å². The molecule has 1 N–H and O–H groups in total. The molecule has 0 aliphatic carbocycles. The van der Waals surface area contributed by atoms with Gasteiger partial charge in [0.05, 0.1) is 4.92 Å². The second-order valence-corrected chi connectivity index (χ2v) is 7.12. The van der Waals surface area contributed by atoms with Crippen molar-refractivity contribution < 1.29 is 4.92 Å². The van der Waals surface area contributed by atoms with E-state index in [0.29, 0.717) is 28.7 Å². The Morgan fingerprint density at radius 1 is 1.43 bits per heavy atom. The molecule has 1 aromatic heterocycles. The summed E-state index contributed by atoms with van der Waals surface area (Å²) in [5.74, 6) is 0.734. The van der Waals surface area contributed by atoms with Gasteiger partial charge in [0.25, 0.3) is 0 Å². The lowest BCUT2D eigenvalue weighted by molar-refractivity contribution is -0.383. The molecule has 0 amide bonds. The quantitative estimate of drug-likeness (QED) is 0.660. The van der Waals surface area contributed by atoms with E-state index in [-0.39, 0.29) is 10.6 Å². The van der Waals surface area contributed by atoms with E-state index in [1.807, 2.05) is 23.6 Å². The zero-order valence-electron chi connectivity index (χ0n) is 12.6. The van der Waals surface area contributed by atoms with Crippen LogP contribution in [0.5, 0.6) is 0 Å². The molecule has 21 heavy (non-hydrogen) atoms. The van der Waals surface area contributed by atoms with Gasteiger partial charge in [-0.1, -0.05) is 20.8 Å². The normalized spacial score (nSPS) is 22.1. The van der Waals surface area contributed by atoms with E-state index in [1.165, 1.54) is 6.33 Å². The maximum Gasteiger partial charge on any atom is 0.353 e. The number of aromatic nitrogens is 2. The molecule has 1 fully saturated rings. The number of nitrogens with zero attached hydrogens (tertiary/aromatic N) is 4. The summed E-state index contributed by atoms with van der Waals surface area (Å²) in [6.45, 7) is 8.46. The van der Waals surface area contributed by atoms with Gasteiger partial charge in [0.2, 0.25) is 11.6 Å². The van der Waals surface area contributed by atoms with Gasteiger partial charge < -0.3 is 10.2 Å². The van der Waals surface area contributed by atoms with E-state index in [4.69, 9.17) is 0 Å². The fourth-order valence-corrected chi connectivity index (χ4v) is 3.82. The van der Waals surface area contributed by atoms with Crippen LogP contribution in [0.2, 0.25) is 0 Å². The maximum atomic E-state index is 11.5. The minimum Gasteiger partial charge on any atom is -0.364 e. The molecule has 0 spiro atoms. The number of thioether (sulfide) groups is 1. The average Bonchev–Trinajstić information content (AvgIpc) is 2.43. The number of anilines is 2. The standard InChI is InChI=1S/C13H21N5O2S/c1-4-5-14-12-11(18(19)20)13(16-8-15-12)17-6-9(2)21-10(3)7-17/h8-10H,4-7H2,1-3H3,(H,14,15,16). The Balaban J connectivity index is 2.35. The lowest BCUT2D eigenvalue weighted by Crippen LogP contribution is -2.41. The van der Waals surface area contributed by atoms with Crippen molar-refractivity contribution in [1.82, 2.24) is 9.97 Å². The van der Waals surface area contributed by atoms with Crippen molar-refractivity contribution in [3.63, 3.8) is 0 Å². The molecular weight excluding hydrogens is 290 g/mol. The van der Waals surface area contributed by atoms with Crippen LogP contribution < -0.4 is 10.2 Å². The predicted molar refractivity (Wildman–Crippen MR) is 86.2 cm³/mol. The third-order valence-electron chi connectivity index (χ3n) is 3.25. The van der Waals surface area contributed by atoms with Crippen molar-refractivity contribution in [3.05, 3.63) is 16.4 Å². The zero-order chi connectivity index (χ0) is 15.4. The van der Waals surface area contributed by atoms with Crippen LogP contribution in [-0.2, 0) is 0 Å². The maximum absolute atomic E-state index is 11.5. The fourth-order valence-electron chi connectivity index (χ4n) is 2.49. The molecule has 1 aliphatic heterocycles. The van der Waals surface area contributed by atoms with Gasteiger partial charge in [-0.05, 0) is 6.42 Å². The first-order valence-corrected chi connectivity index (χ1v) is 8.10. The van der Waals surface area contributed by atoms with Gasteiger partial charge in [-0.25, -0.2) is 9.97 Å². The topological polar surface area (TPSA) is 84.2 Å². The SMILES string of the molecule is CCCNc1ncnc(N2CC(C)SC(C)C2)c1[N+](=O)[O-]. The van der Waals surface area contributed by atoms with Crippen LogP contribution in [0.3, 0.4) is 0 Å². The molecule has 2 atom stereocenters. The van der Waals surface area contributed by atoms with E-state index in [9.17, 15) is 10.1 Å². The summed E-state index contributed by atoms with van der Waals surface area (Å²) in [5, 5.41) is 15.3. The second kappa shape index (κ2) is 6.93. The van der Waals surface area contributed by atoms with Crippen LogP contribution in [0.25, 0.3) is 0 Å². The third kappa shape index (κ3) is 3.75. The summed E-state index contributed by atoms with van der Waals surface area (Å²) in [4.78, 5) is 21.3. The molecule has 7 nitrogen and oxygen atoms in total. The van der Waals surface area contributed by atoms with Gasteiger partial charge in [-0.2, -0.15) is 11.8 Å². The van der Waals surface area contributed by atoms with Gasteiger partial charge in [0, 0.05) is 30.1 Å². The Morgan fingerprint density at radius 2 is 2.10 bits per heavy atom. The second-order valence-electron chi connectivity index (χ2n) is 5.24. The molecule has 0 aromatic carbocycles. The minimum atomic E-state index is -0.385. The highest BCUT2D eigenvalue weighted by Gasteiger charge is 2.31. The Bertz CT molecular complexity index is 503. The van der Waals surface area contributed by atoms with Crippen LogP contribution in [0.4, 0.5) is 17.3 Å². The highest BCUT2D eigenvalue weighted by atomic mass is 32.2. The van der Waals surface area contributed by atoms with Crippen molar-refractivity contribution in [2.24, 2.45) is 0 Å². The molecule has 1 aromatic rings. The van der Waals surface area contributed by atoms with Gasteiger partial charge in [0.1, 0.15) is 6.33 Å². The van der Waals surface area contributed by atoms with E-state index >= 15 is 0 Å². The smallest absolute Gasteiger partial charge is 0.353 e. The third-order valence-corrected chi connectivity index (χ3v) is 4.47. The largest absolute Gasteiger partial charge is 0.364 e. The summed E-state index contributed by atoms with van der Waals surface area (Å²) in [6, 6.07) is 0. The van der Waals surface area contributed by atoms with Crippen LogP contribution >= 0.6 is 11.8 Å². The van der Waals surface area contributed by atoms with Crippen molar-refractivity contribution in [2.45, 2.75) is 37.7 Å². The van der Waals surface area contributed by atoms with Crippen molar-refractivity contribution >= 4 is 29.1 Å². The molecule has 8 heteroatoms. The van der Waals surface area contributed by atoms with E-state index in [0.717, 1.165) is 19.5 Å². The van der Waals surface area contributed by atoms with Crippen LogP contribution in [0.1, 0.15) is 27.2 Å². The molecule has 116 valence electrons. The molecule has 0 radical (unpaired) electrons. The number of nitro groups is 1. The highest BCUT2D eigenvalue weighted by Crippen LogP contribution is 2.35. The number of rotatable bonds is 5. The van der Waals surface area contributed by atoms with E-state index < -0.39 is 0 Å². The summed E-state index contributed by atoms with van der Waals surface area (Å²) in [5.41, 5.74) is -0.0164. The van der Waals surface area contributed by atoms with Gasteiger partial charge in [-0.15, -0.1) is 0 Å². The van der Waals surface area contributed by atoms with Crippen molar-refractivity contribution in [3.8, 4) is 0 Å². The molecule has 2 heterocycles. The van der Waals surface area contributed by atoms with Gasteiger partial charge in [-0.3, -0.25) is 10.1 Å². The molecule has 2 unspecified atom stereocenters. The molecular formula is C13H21N5O2S. The summed E-state index contributed by atoms with van der Waals surface area (Å²) in [7, 11) is 0. The molecule has 0 bridgehead atoms. The Hall–Kier alpha value is -1.57. The van der Waals surface area contributed by atoms with E-state index in [1.54, 1.807) is 0 Å². The Labute approximate surface area is 128 Å². The molecule has 1 saturated heterocycles. The van der Waals surface area contributed by atoms with Crippen LogP contribution in [0.15, 0.2) is 6.33 Å². The zero-order valence-corrected chi connectivity index (χ0v) is 13.4. The first kappa shape index (κ1) is 15.8. The number of hydrogen-bond donors (Lipinski definition) is 1. The van der Waals surface area contributed by atoms with Crippen molar-refractivity contribution in [1.29, 1.82) is 0 Å². The highest BCUT2D eigenvalue weighted by molar-refractivity contribution is 8.00. The fraction of sp³-hybridized carbons (Fsp3) is 0.692. The molecule has 1 aliphatic rings. The van der Waals surface area contributed by atoms with Crippen LogP contribution in [0, 0.1) is 10.1 Å². The number of nitrogens with one attached hydrogen (secondary N) is 1. The van der Waals surface area contributed by atoms with Crippen LogP contribution in [-0.4, -0.2) is 45.0 Å². The Morgan fingerprint density at radius 3 is 2.67 bits per heavy atom. The molecule has 2 rings (SSSR count). The van der Waals surface area contributed by atoms with Gasteiger partial charge >= 0.3 is 5.69 Å². The lowest BCUT2D eigenvalue weighted by atomic mass is 10.3. The molecule has 0 saturated carbocycles. The van der Waals surface area contributed by atoms with Gasteiger partial charge in [0.15, 0.2) is 0 Å². The predicted octanol–water partition coefficient (Wildman–Crippen LogP) is 2.54. The van der Waals surface area contributed by atoms with E-state index in [2.05, 4.69) is 29.1 Å². The average molecular weight is 311 g/mol. The monoisotopic (exact) mass is 311 g/mol. The summed E-state index contributed by atoms with van der Waals surface area (Å²) < 4.78 is 0. The number of hydrogen-bond acceptors (Lipinski definition) is 7. The first-order valence-electron chi connectivity index (χ1n) is 7.16. The first-order chi connectivity index (χ1) is 10.0.